The third-order valence-corrected chi connectivity index (χ3v) is 2.44. The Hall–Kier alpha value is -1.59. The van der Waals surface area contributed by atoms with E-state index in [0.29, 0.717) is 0 Å². The Morgan fingerprint density at radius 2 is 2.00 bits per heavy atom. The van der Waals surface area contributed by atoms with E-state index in [1.165, 1.54) is 4.90 Å². The lowest BCUT2D eigenvalue weighted by atomic mass is 9.99. The van der Waals surface area contributed by atoms with Gasteiger partial charge in [0, 0.05) is 6.04 Å². The van der Waals surface area contributed by atoms with Gasteiger partial charge >= 0.3 is 6.03 Å². The second-order valence-electron chi connectivity index (χ2n) is 4.63. The van der Waals surface area contributed by atoms with Gasteiger partial charge in [0.1, 0.15) is 12.1 Å². The van der Waals surface area contributed by atoms with E-state index in [4.69, 9.17) is 0 Å². The van der Waals surface area contributed by atoms with Crippen LogP contribution < -0.4 is 10.6 Å². The topological polar surface area (TPSA) is 78.5 Å². The SMILES string of the molecule is CC(C)NC(=O)N1CC(=O)NC(=O)C1(C)C. The molecule has 0 aromatic carbocycles. The van der Waals surface area contributed by atoms with Gasteiger partial charge in [-0.2, -0.15) is 0 Å². The van der Waals surface area contributed by atoms with Gasteiger partial charge in [-0.1, -0.05) is 0 Å². The first-order chi connectivity index (χ1) is 7.25. The Labute approximate surface area is 94.4 Å². The number of nitrogens with zero attached hydrogens (tertiary/aromatic N) is 1. The molecule has 4 amide bonds. The van der Waals surface area contributed by atoms with E-state index in [1.807, 2.05) is 13.8 Å². The minimum Gasteiger partial charge on any atom is -0.336 e. The average molecular weight is 227 g/mol. The number of rotatable bonds is 1. The van der Waals surface area contributed by atoms with Gasteiger partial charge in [0.25, 0.3) is 5.91 Å². The highest BCUT2D eigenvalue weighted by Crippen LogP contribution is 2.18. The number of imide groups is 1. The first kappa shape index (κ1) is 12.5. The predicted molar refractivity (Wildman–Crippen MR) is 57.6 cm³/mol. The fourth-order valence-corrected chi connectivity index (χ4v) is 1.43. The number of hydrogen-bond donors (Lipinski definition) is 2. The van der Waals surface area contributed by atoms with Gasteiger partial charge in [-0.15, -0.1) is 0 Å². The molecule has 1 saturated heterocycles. The van der Waals surface area contributed by atoms with Crippen molar-refractivity contribution in [1.29, 1.82) is 0 Å². The zero-order valence-electron chi connectivity index (χ0n) is 9.96. The summed E-state index contributed by atoms with van der Waals surface area (Å²) in [6.07, 6.45) is 0. The van der Waals surface area contributed by atoms with Crippen LogP contribution in [0.25, 0.3) is 0 Å². The summed E-state index contributed by atoms with van der Waals surface area (Å²) in [5.41, 5.74) is -1.01. The van der Waals surface area contributed by atoms with E-state index >= 15 is 0 Å². The molecule has 0 bridgehead atoms. The summed E-state index contributed by atoms with van der Waals surface area (Å²) in [6.45, 7) is 6.74. The molecule has 6 nitrogen and oxygen atoms in total. The van der Waals surface area contributed by atoms with Gasteiger partial charge in [0.05, 0.1) is 0 Å². The van der Waals surface area contributed by atoms with Crippen molar-refractivity contribution >= 4 is 17.8 Å². The highest BCUT2D eigenvalue weighted by molar-refractivity contribution is 6.05. The largest absolute Gasteiger partial charge is 0.336 e. The highest BCUT2D eigenvalue weighted by atomic mass is 16.2. The van der Waals surface area contributed by atoms with Gasteiger partial charge in [-0.3, -0.25) is 14.9 Å². The molecule has 0 radical (unpaired) electrons. The zero-order chi connectivity index (χ0) is 12.5. The van der Waals surface area contributed by atoms with Crippen molar-refractivity contribution in [2.75, 3.05) is 6.54 Å². The molecular weight excluding hydrogens is 210 g/mol. The summed E-state index contributed by atoms with van der Waals surface area (Å²) in [6, 6.07) is -0.438. The third-order valence-electron chi connectivity index (χ3n) is 2.44. The molecule has 6 heteroatoms. The maximum absolute atomic E-state index is 11.8. The van der Waals surface area contributed by atoms with Crippen LogP contribution in [0.15, 0.2) is 0 Å². The second-order valence-corrected chi connectivity index (χ2v) is 4.63. The zero-order valence-corrected chi connectivity index (χ0v) is 9.96. The summed E-state index contributed by atoms with van der Waals surface area (Å²) in [4.78, 5) is 35.8. The first-order valence-corrected chi connectivity index (χ1v) is 5.17. The Morgan fingerprint density at radius 1 is 1.44 bits per heavy atom. The minimum atomic E-state index is -1.01. The lowest BCUT2D eigenvalue weighted by molar-refractivity contribution is -0.142. The molecule has 0 aliphatic carbocycles. The normalized spacial score (nSPS) is 19.7. The molecule has 0 unspecified atom stereocenters. The molecule has 2 N–H and O–H groups in total. The molecule has 0 saturated carbocycles. The van der Waals surface area contributed by atoms with Gasteiger partial charge in [-0.05, 0) is 27.7 Å². The summed E-state index contributed by atoms with van der Waals surface area (Å²) < 4.78 is 0. The summed E-state index contributed by atoms with van der Waals surface area (Å²) in [5.74, 6) is -0.911. The number of piperazine rings is 1. The number of nitrogens with one attached hydrogen (secondary N) is 2. The molecule has 0 atom stereocenters. The van der Waals surface area contributed by atoms with E-state index < -0.39 is 23.4 Å². The molecule has 16 heavy (non-hydrogen) atoms. The van der Waals surface area contributed by atoms with E-state index in [9.17, 15) is 14.4 Å². The lowest BCUT2D eigenvalue weighted by Crippen LogP contribution is -2.67. The lowest BCUT2D eigenvalue weighted by Gasteiger charge is -2.40. The summed E-state index contributed by atoms with van der Waals surface area (Å²) in [7, 11) is 0. The van der Waals surface area contributed by atoms with Crippen molar-refractivity contribution in [2.45, 2.75) is 39.3 Å². The second kappa shape index (κ2) is 4.11. The smallest absolute Gasteiger partial charge is 0.318 e. The van der Waals surface area contributed by atoms with Crippen LogP contribution in [-0.4, -0.2) is 40.9 Å². The molecule has 1 fully saturated rings. The summed E-state index contributed by atoms with van der Waals surface area (Å²) in [5, 5.41) is 4.87. The molecule has 1 heterocycles. The van der Waals surface area contributed by atoms with E-state index in [-0.39, 0.29) is 12.6 Å². The molecule has 1 aliphatic rings. The van der Waals surface area contributed by atoms with Crippen molar-refractivity contribution in [1.82, 2.24) is 15.5 Å². The molecule has 0 spiro atoms. The maximum Gasteiger partial charge on any atom is 0.318 e. The van der Waals surface area contributed by atoms with Crippen molar-refractivity contribution < 1.29 is 14.4 Å². The Bertz CT molecular complexity index is 336. The Balaban J connectivity index is 2.87. The van der Waals surface area contributed by atoms with Crippen LogP contribution in [-0.2, 0) is 9.59 Å². The third kappa shape index (κ3) is 2.32. The summed E-state index contributed by atoms with van der Waals surface area (Å²) >= 11 is 0. The molecular formula is C10H17N3O3. The fourth-order valence-electron chi connectivity index (χ4n) is 1.43. The van der Waals surface area contributed by atoms with Gasteiger partial charge in [-0.25, -0.2) is 4.79 Å². The van der Waals surface area contributed by atoms with Crippen molar-refractivity contribution in [2.24, 2.45) is 0 Å². The number of urea groups is 1. The van der Waals surface area contributed by atoms with Crippen molar-refractivity contribution in [3.05, 3.63) is 0 Å². The quantitative estimate of drug-likeness (QED) is 0.611. The van der Waals surface area contributed by atoms with E-state index in [1.54, 1.807) is 13.8 Å². The van der Waals surface area contributed by atoms with Crippen LogP contribution in [0.2, 0.25) is 0 Å². The van der Waals surface area contributed by atoms with Gasteiger partial charge in [0.15, 0.2) is 0 Å². The van der Waals surface area contributed by atoms with Crippen molar-refractivity contribution in [3.63, 3.8) is 0 Å². The highest BCUT2D eigenvalue weighted by Gasteiger charge is 2.43. The molecule has 90 valence electrons. The minimum absolute atomic E-state index is 0.0385. The van der Waals surface area contributed by atoms with Crippen LogP contribution in [0.4, 0.5) is 4.79 Å². The Kier molecular flexibility index (Phi) is 3.21. The molecule has 0 aromatic rings. The molecule has 1 aliphatic heterocycles. The van der Waals surface area contributed by atoms with Crippen molar-refractivity contribution in [3.8, 4) is 0 Å². The molecule has 1 rings (SSSR count). The van der Waals surface area contributed by atoms with Crippen LogP contribution in [0.5, 0.6) is 0 Å². The number of carbonyl (C=O) groups is 3. The monoisotopic (exact) mass is 227 g/mol. The molecule has 0 aromatic heterocycles. The standard InChI is InChI=1S/C10H17N3O3/c1-6(2)11-9(16)13-5-7(14)12-8(15)10(13,3)4/h6H,5H2,1-4H3,(H,11,16)(H,12,14,15). The van der Waals surface area contributed by atoms with Gasteiger partial charge in [0.2, 0.25) is 5.91 Å². The fraction of sp³-hybridized carbons (Fsp3) is 0.700. The van der Waals surface area contributed by atoms with Crippen LogP contribution in [0.1, 0.15) is 27.7 Å². The number of amides is 4. The number of carbonyl (C=O) groups excluding carboxylic acids is 3. The average Bonchev–Trinajstić information content (AvgIpc) is 2.10. The van der Waals surface area contributed by atoms with Crippen LogP contribution >= 0.6 is 0 Å². The first-order valence-electron chi connectivity index (χ1n) is 5.17. The van der Waals surface area contributed by atoms with E-state index in [2.05, 4.69) is 10.6 Å². The van der Waals surface area contributed by atoms with Crippen LogP contribution in [0.3, 0.4) is 0 Å². The van der Waals surface area contributed by atoms with Crippen LogP contribution in [0, 0.1) is 0 Å². The maximum atomic E-state index is 11.8. The number of hydrogen-bond acceptors (Lipinski definition) is 3. The van der Waals surface area contributed by atoms with Gasteiger partial charge < -0.3 is 10.2 Å². The Morgan fingerprint density at radius 3 is 2.50 bits per heavy atom. The van der Waals surface area contributed by atoms with E-state index in [0.717, 1.165) is 0 Å². The predicted octanol–water partition coefficient (Wildman–Crippen LogP) is -0.159.